The maximum Gasteiger partial charge on any atom is 0.244 e. The molecule has 0 spiro atoms. The molecule has 1 aromatic rings. The number of ether oxygens (including phenoxy) is 1. The van der Waals surface area contributed by atoms with Gasteiger partial charge in [0, 0.05) is 25.3 Å². The van der Waals surface area contributed by atoms with Gasteiger partial charge in [-0.1, -0.05) is 38.5 Å². The highest BCUT2D eigenvalue weighted by molar-refractivity contribution is 7.99. The molecule has 7 nitrogen and oxygen atoms in total. The molecule has 2 heterocycles. The molecule has 0 bridgehead atoms. The molecule has 1 saturated carbocycles. The molecule has 9 heteroatoms. The van der Waals surface area contributed by atoms with E-state index < -0.39 is 10.0 Å². The second-order valence-electron chi connectivity index (χ2n) is 7.58. The number of nitrogens with zero attached hydrogens (tertiary/aromatic N) is 2. The summed E-state index contributed by atoms with van der Waals surface area (Å²) in [5.74, 6) is 1.41. The molecule has 3 rings (SSSR count). The first-order valence-corrected chi connectivity index (χ1v) is 12.3. The molecule has 0 aromatic carbocycles. The van der Waals surface area contributed by atoms with Gasteiger partial charge in [0.2, 0.25) is 15.9 Å². The van der Waals surface area contributed by atoms with E-state index in [1.807, 2.05) is 0 Å². The predicted molar refractivity (Wildman–Crippen MR) is 109 cm³/mol. The summed E-state index contributed by atoms with van der Waals surface area (Å²) in [6, 6.07) is 3.46. The van der Waals surface area contributed by atoms with E-state index in [2.05, 4.69) is 24.1 Å². The van der Waals surface area contributed by atoms with Crippen molar-refractivity contribution >= 4 is 27.7 Å². The number of sulfonamides is 1. The molecule has 28 heavy (non-hydrogen) atoms. The first-order valence-electron chi connectivity index (χ1n) is 9.84. The molecule has 0 radical (unpaired) electrons. The predicted octanol–water partition coefficient (Wildman–Crippen LogP) is 2.14. The van der Waals surface area contributed by atoms with Crippen molar-refractivity contribution in [1.82, 2.24) is 14.6 Å². The smallest absolute Gasteiger partial charge is 0.244 e. The number of aromatic nitrogens is 1. The molecule has 156 valence electrons. The Balaban J connectivity index is 1.52. The highest BCUT2D eigenvalue weighted by Gasteiger charge is 2.28. The zero-order valence-corrected chi connectivity index (χ0v) is 18.1. The van der Waals surface area contributed by atoms with Crippen molar-refractivity contribution in [2.24, 2.45) is 11.8 Å². The van der Waals surface area contributed by atoms with E-state index in [0.29, 0.717) is 43.2 Å². The standard InChI is InChI=1S/C19H29N3O4S2/c1-14-4-3-5-17(15(14)2)21-18(23)13-27-19-7-6-16(12-20-19)28(24,25)22-8-10-26-11-9-22/h6-7,12,14-15,17H,3-5,8-11,13H2,1-2H3,(H,21,23)/t14-,15-,17-/m1/s1. The molecular weight excluding hydrogens is 398 g/mol. The summed E-state index contributed by atoms with van der Waals surface area (Å²) in [4.78, 5) is 16.7. The van der Waals surface area contributed by atoms with Crippen LogP contribution in [0.3, 0.4) is 0 Å². The maximum atomic E-state index is 12.6. The molecule has 1 N–H and O–H groups in total. The Hall–Kier alpha value is -1.16. The van der Waals surface area contributed by atoms with E-state index in [4.69, 9.17) is 4.74 Å². The number of nitrogens with one attached hydrogen (secondary N) is 1. The van der Waals surface area contributed by atoms with Gasteiger partial charge in [0.1, 0.15) is 4.90 Å². The molecule has 1 aromatic heterocycles. The largest absolute Gasteiger partial charge is 0.379 e. The SMILES string of the molecule is C[C@@H]1[C@H](C)CCC[C@H]1NC(=O)CSc1ccc(S(=O)(=O)N2CCOCC2)cn1. The lowest BCUT2D eigenvalue weighted by molar-refractivity contribution is -0.120. The van der Waals surface area contributed by atoms with E-state index in [1.54, 1.807) is 12.1 Å². The van der Waals surface area contributed by atoms with Crippen LogP contribution >= 0.6 is 11.8 Å². The van der Waals surface area contributed by atoms with Crippen molar-refractivity contribution in [2.75, 3.05) is 32.1 Å². The minimum atomic E-state index is -3.54. The minimum absolute atomic E-state index is 0.00256. The van der Waals surface area contributed by atoms with Gasteiger partial charge in [0.25, 0.3) is 0 Å². The summed E-state index contributed by atoms with van der Waals surface area (Å²) in [6.45, 7) is 5.99. The van der Waals surface area contributed by atoms with Crippen LogP contribution in [0.15, 0.2) is 28.3 Å². The molecule has 3 atom stereocenters. The zero-order valence-electron chi connectivity index (χ0n) is 16.5. The molecule has 1 amide bonds. The number of thioether (sulfide) groups is 1. The Morgan fingerprint density at radius 3 is 2.71 bits per heavy atom. The summed E-state index contributed by atoms with van der Waals surface area (Å²) < 4.78 is 31.8. The van der Waals surface area contributed by atoms with E-state index in [9.17, 15) is 13.2 Å². The Morgan fingerprint density at radius 1 is 1.29 bits per heavy atom. The van der Waals surface area contributed by atoms with Gasteiger partial charge >= 0.3 is 0 Å². The van der Waals surface area contributed by atoms with E-state index >= 15 is 0 Å². The summed E-state index contributed by atoms with van der Waals surface area (Å²) in [7, 11) is -3.54. The number of hydrogen-bond donors (Lipinski definition) is 1. The third-order valence-corrected chi connectivity index (χ3v) is 8.55. The van der Waals surface area contributed by atoms with Crippen LogP contribution in [0.25, 0.3) is 0 Å². The molecule has 2 aliphatic rings. The average molecular weight is 428 g/mol. The Labute approximate surface area is 171 Å². The van der Waals surface area contributed by atoms with Crippen LogP contribution in [0.2, 0.25) is 0 Å². The number of pyridine rings is 1. The van der Waals surface area contributed by atoms with Crippen molar-refractivity contribution in [3.05, 3.63) is 18.3 Å². The highest BCUT2D eigenvalue weighted by atomic mass is 32.2. The van der Waals surface area contributed by atoms with Crippen LogP contribution in [0.5, 0.6) is 0 Å². The summed E-state index contributed by atoms with van der Waals surface area (Å²) >= 11 is 1.32. The molecule has 2 fully saturated rings. The lowest BCUT2D eigenvalue weighted by Crippen LogP contribution is -2.44. The summed E-state index contributed by atoms with van der Waals surface area (Å²) in [5.41, 5.74) is 0. The maximum absolute atomic E-state index is 12.6. The van der Waals surface area contributed by atoms with Crippen LogP contribution < -0.4 is 5.32 Å². The number of hydrogen-bond acceptors (Lipinski definition) is 6. The van der Waals surface area contributed by atoms with Crippen molar-refractivity contribution < 1.29 is 17.9 Å². The topological polar surface area (TPSA) is 88.6 Å². The van der Waals surface area contributed by atoms with Crippen LogP contribution in [-0.4, -0.2) is 61.7 Å². The third-order valence-electron chi connectivity index (χ3n) is 5.72. The average Bonchev–Trinajstić information content (AvgIpc) is 2.71. The number of amides is 1. The second kappa shape index (κ2) is 9.56. The van der Waals surface area contributed by atoms with Gasteiger partial charge in [0.05, 0.1) is 24.0 Å². The van der Waals surface area contributed by atoms with Crippen LogP contribution in [0.4, 0.5) is 0 Å². The van der Waals surface area contributed by atoms with Gasteiger partial charge in [-0.15, -0.1) is 0 Å². The quantitative estimate of drug-likeness (QED) is 0.700. The van der Waals surface area contributed by atoms with Gasteiger partial charge < -0.3 is 10.1 Å². The number of rotatable bonds is 6. The normalized spacial score (nSPS) is 26.7. The Morgan fingerprint density at radius 2 is 2.04 bits per heavy atom. The zero-order chi connectivity index (χ0) is 20.1. The Kier molecular flexibility index (Phi) is 7.36. The van der Waals surface area contributed by atoms with Crippen LogP contribution in [0, 0.1) is 11.8 Å². The lowest BCUT2D eigenvalue weighted by atomic mass is 9.78. The molecule has 1 aliphatic carbocycles. The second-order valence-corrected chi connectivity index (χ2v) is 10.5. The molecule has 1 aliphatic heterocycles. The van der Waals surface area contributed by atoms with Gasteiger partial charge in [-0.25, -0.2) is 13.4 Å². The monoisotopic (exact) mass is 427 g/mol. The van der Waals surface area contributed by atoms with E-state index in [1.165, 1.54) is 28.7 Å². The first kappa shape index (κ1) is 21.5. The van der Waals surface area contributed by atoms with Gasteiger partial charge in [-0.2, -0.15) is 4.31 Å². The lowest BCUT2D eigenvalue weighted by Gasteiger charge is -2.34. The fourth-order valence-electron chi connectivity index (χ4n) is 3.71. The fourth-order valence-corrected chi connectivity index (χ4v) is 5.72. The Bertz CT molecular complexity index is 764. The highest BCUT2D eigenvalue weighted by Crippen LogP contribution is 2.29. The van der Waals surface area contributed by atoms with E-state index in [0.717, 1.165) is 12.8 Å². The molecular formula is C19H29N3O4S2. The van der Waals surface area contributed by atoms with Crippen molar-refractivity contribution in [3.63, 3.8) is 0 Å². The number of morpholine rings is 1. The van der Waals surface area contributed by atoms with E-state index in [-0.39, 0.29) is 22.6 Å². The molecule has 0 unspecified atom stereocenters. The summed E-state index contributed by atoms with van der Waals surface area (Å²) in [5, 5.41) is 3.79. The van der Waals surface area contributed by atoms with Gasteiger partial charge in [-0.05, 0) is 30.4 Å². The van der Waals surface area contributed by atoms with Crippen molar-refractivity contribution in [2.45, 2.75) is 49.1 Å². The van der Waals surface area contributed by atoms with Crippen molar-refractivity contribution in [1.29, 1.82) is 0 Å². The van der Waals surface area contributed by atoms with Gasteiger partial charge in [-0.3, -0.25) is 4.79 Å². The molecule has 1 saturated heterocycles. The van der Waals surface area contributed by atoms with Crippen molar-refractivity contribution in [3.8, 4) is 0 Å². The number of carbonyl (C=O) groups excluding carboxylic acids is 1. The minimum Gasteiger partial charge on any atom is -0.379 e. The first-order chi connectivity index (χ1) is 13.4. The van der Waals surface area contributed by atoms with Gasteiger partial charge in [0.15, 0.2) is 0 Å². The fraction of sp³-hybridized carbons (Fsp3) is 0.684. The summed E-state index contributed by atoms with van der Waals surface area (Å²) in [6.07, 6.45) is 4.79. The van der Waals surface area contributed by atoms with Crippen LogP contribution in [-0.2, 0) is 19.6 Å². The van der Waals surface area contributed by atoms with Crippen LogP contribution in [0.1, 0.15) is 33.1 Å². The third kappa shape index (κ3) is 5.25. The number of carbonyl (C=O) groups is 1.